The first-order valence-electron chi connectivity index (χ1n) is 11.0. The van der Waals surface area contributed by atoms with Gasteiger partial charge in [-0.3, -0.25) is 9.69 Å². The molecule has 2 heterocycles. The van der Waals surface area contributed by atoms with Crippen molar-refractivity contribution < 1.29 is 14.7 Å². The molecular weight excluding hydrogens is 392 g/mol. The lowest BCUT2D eigenvalue weighted by Gasteiger charge is -2.46. The molecule has 1 saturated heterocycles. The number of aromatic nitrogens is 1. The number of aromatic amines is 1. The first kappa shape index (κ1) is 21.6. The Morgan fingerprint density at radius 3 is 2.84 bits per heavy atom. The summed E-state index contributed by atoms with van der Waals surface area (Å²) in [5.74, 6) is -0.412. The molecule has 7 nitrogen and oxygen atoms in total. The Morgan fingerprint density at radius 2 is 2.13 bits per heavy atom. The monoisotopic (exact) mass is 424 g/mol. The van der Waals surface area contributed by atoms with E-state index < -0.39 is 6.09 Å². The molecule has 0 spiro atoms. The Kier molecular flexibility index (Phi) is 6.16. The summed E-state index contributed by atoms with van der Waals surface area (Å²) in [7, 11) is 3.89. The van der Waals surface area contributed by atoms with Gasteiger partial charge in [0.2, 0.25) is 5.91 Å². The Bertz CT molecular complexity index is 982. The van der Waals surface area contributed by atoms with Gasteiger partial charge < -0.3 is 15.0 Å². The summed E-state index contributed by atoms with van der Waals surface area (Å²) in [5, 5.41) is 11.0. The van der Waals surface area contributed by atoms with Gasteiger partial charge in [0, 0.05) is 48.7 Å². The maximum Gasteiger partial charge on any atom is 0.414 e. The van der Waals surface area contributed by atoms with E-state index in [0.29, 0.717) is 32.0 Å². The number of hydrogen-bond donors (Lipinski definition) is 2. The summed E-state index contributed by atoms with van der Waals surface area (Å²) in [6.45, 7) is 6.15. The summed E-state index contributed by atoms with van der Waals surface area (Å²) in [4.78, 5) is 34.0. The van der Waals surface area contributed by atoms with Crippen LogP contribution < -0.4 is 0 Å². The highest BCUT2D eigenvalue weighted by atomic mass is 16.4. The highest BCUT2D eigenvalue weighted by molar-refractivity contribution is 5.93. The van der Waals surface area contributed by atoms with E-state index in [2.05, 4.69) is 40.9 Å². The van der Waals surface area contributed by atoms with Crippen molar-refractivity contribution in [2.24, 2.45) is 5.92 Å². The largest absolute Gasteiger partial charge is 0.465 e. The summed E-state index contributed by atoms with van der Waals surface area (Å²) < 4.78 is 0. The van der Waals surface area contributed by atoms with Crippen LogP contribution in [0.2, 0.25) is 0 Å². The molecule has 2 aromatic rings. The van der Waals surface area contributed by atoms with Gasteiger partial charge in [-0.1, -0.05) is 18.2 Å². The second kappa shape index (κ2) is 8.85. The number of imide groups is 1. The molecule has 31 heavy (non-hydrogen) atoms. The maximum absolute atomic E-state index is 13.4. The van der Waals surface area contributed by atoms with Crippen molar-refractivity contribution in [3.05, 3.63) is 48.2 Å². The molecular formula is C24H32N4O3. The smallest absolute Gasteiger partial charge is 0.414 e. The molecule has 1 aromatic heterocycles. The van der Waals surface area contributed by atoms with E-state index in [1.807, 2.05) is 25.1 Å². The maximum atomic E-state index is 13.4. The van der Waals surface area contributed by atoms with Crippen molar-refractivity contribution in [3.63, 3.8) is 0 Å². The van der Waals surface area contributed by atoms with Crippen molar-refractivity contribution in [2.45, 2.75) is 31.2 Å². The minimum atomic E-state index is -1.15. The Labute approximate surface area is 183 Å². The van der Waals surface area contributed by atoms with Gasteiger partial charge in [-0.05, 0) is 57.1 Å². The number of fused-ring (bicyclic) bond motifs is 2. The molecule has 3 atom stereocenters. The van der Waals surface area contributed by atoms with Crippen molar-refractivity contribution in [1.29, 1.82) is 0 Å². The standard InChI is InChI=1S/C24H32N4O3/c1-4-9-27-15-17(23(29)28(24(30)31)11-6-10-26(2)3)12-19-18-7-5-8-20-22(18)16(14-25-20)13-21(19)27/h4-5,7-8,14,17,19,21,25H,1,6,9-13,15H2,2-3H3,(H,30,31)/t17-,19-,21-/m1/s1. The summed E-state index contributed by atoms with van der Waals surface area (Å²) >= 11 is 0. The Morgan fingerprint density at radius 1 is 1.32 bits per heavy atom. The van der Waals surface area contributed by atoms with E-state index in [-0.39, 0.29) is 24.3 Å². The number of nitrogens with one attached hydrogen (secondary N) is 1. The van der Waals surface area contributed by atoms with Gasteiger partial charge in [0.15, 0.2) is 0 Å². The van der Waals surface area contributed by atoms with Crippen LogP contribution in [-0.2, 0) is 11.2 Å². The molecule has 1 aromatic carbocycles. The van der Waals surface area contributed by atoms with Crippen LogP contribution in [-0.4, -0.2) is 83.1 Å². The fourth-order valence-corrected chi connectivity index (χ4v) is 5.42. The van der Waals surface area contributed by atoms with Crippen LogP contribution in [0.3, 0.4) is 0 Å². The Hall–Kier alpha value is -2.64. The predicted octanol–water partition coefficient (Wildman–Crippen LogP) is 3.14. The molecule has 0 radical (unpaired) electrons. The molecule has 0 unspecified atom stereocenters. The molecule has 1 fully saturated rings. The number of carbonyl (C=O) groups is 2. The topological polar surface area (TPSA) is 79.9 Å². The van der Waals surface area contributed by atoms with Crippen LogP contribution in [0, 0.1) is 5.92 Å². The van der Waals surface area contributed by atoms with E-state index in [4.69, 9.17) is 0 Å². The number of amides is 2. The fourth-order valence-electron chi connectivity index (χ4n) is 5.42. The second-order valence-electron chi connectivity index (χ2n) is 9.07. The number of H-pyrrole nitrogens is 1. The van der Waals surface area contributed by atoms with E-state index in [9.17, 15) is 14.7 Å². The number of hydrogen-bond acceptors (Lipinski definition) is 4. The van der Waals surface area contributed by atoms with Crippen LogP contribution >= 0.6 is 0 Å². The van der Waals surface area contributed by atoms with Crippen molar-refractivity contribution >= 4 is 22.9 Å². The molecule has 2 amide bonds. The zero-order chi connectivity index (χ0) is 22.1. The van der Waals surface area contributed by atoms with Crippen LogP contribution in [0.1, 0.15) is 29.9 Å². The normalized spacial score (nSPS) is 23.0. The third-order valence-corrected chi connectivity index (χ3v) is 6.77. The lowest BCUT2D eigenvalue weighted by molar-refractivity contribution is -0.136. The predicted molar refractivity (Wildman–Crippen MR) is 121 cm³/mol. The summed E-state index contributed by atoms with van der Waals surface area (Å²) in [6.07, 6.45) is 5.07. The Balaban J connectivity index is 1.61. The molecule has 166 valence electrons. The van der Waals surface area contributed by atoms with E-state index in [0.717, 1.165) is 23.4 Å². The van der Waals surface area contributed by atoms with Gasteiger partial charge in [-0.2, -0.15) is 0 Å². The molecule has 2 N–H and O–H groups in total. The molecule has 0 bridgehead atoms. The van der Waals surface area contributed by atoms with Gasteiger partial charge in [0.1, 0.15) is 0 Å². The van der Waals surface area contributed by atoms with Crippen LogP contribution in [0.4, 0.5) is 4.79 Å². The SMILES string of the molecule is C=CCN1C[C@H](C(=O)N(CCCN(C)C)C(=O)O)C[C@@H]2c3cccc4[nH]cc(c34)C[C@H]21. The number of benzene rings is 1. The van der Waals surface area contributed by atoms with Gasteiger partial charge in [0.25, 0.3) is 0 Å². The number of piperidine rings is 1. The molecule has 1 aliphatic heterocycles. The molecule has 4 rings (SSSR count). The summed E-state index contributed by atoms with van der Waals surface area (Å²) in [6, 6.07) is 6.62. The third kappa shape index (κ3) is 4.12. The lowest BCUT2D eigenvalue weighted by Crippen LogP contribution is -2.54. The molecule has 1 aliphatic carbocycles. The van der Waals surface area contributed by atoms with Crippen LogP contribution in [0.5, 0.6) is 0 Å². The van der Waals surface area contributed by atoms with E-state index in [1.54, 1.807) is 0 Å². The van der Waals surface area contributed by atoms with E-state index in [1.165, 1.54) is 16.5 Å². The fraction of sp³-hybridized carbons (Fsp3) is 0.500. The lowest BCUT2D eigenvalue weighted by atomic mass is 9.72. The average molecular weight is 425 g/mol. The zero-order valence-corrected chi connectivity index (χ0v) is 18.4. The average Bonchev–Trinajstić information content (AvgIpc) is 3.15. The quantitative estimate of drug-likeness (QED) is 0.668. The van der Waals surface area contributed by atoms with Gasteiger partial charge in [-0.15, -0.1) is 6.58 Å². The first-order chi connectivity index (χ1) is 14.9. The number of likely N-dealkylation sites (tertiary alicyclic amines) is 1. The minimum Gasteiger partial charge on any atom is -0.465 e. The van der Waals surface area contributed by atoms with Gasteiger partial charge >= 0.3 is 6.09 Å². The molecule has 2 aliphatic rings. The number of carbonyl (C=O) groups excluding carboxylic acids is 1. The third-order valence-electron chi connectivity index (χ3n) is 6.77. The number of rotatable bonds is 7. The van der Waals surface area contributed by atoms with Crippen molar-refractivity contribution in [3.8, 4) is 0 Å². The van der Waals surface area contributed by atoms with Crippen molar-refractivity contribution in [1.82, 2.24) is 19.7 Å². The van der Waals surface area contributed by atoms with Crippen molar-refractivity contribution in [2.75, 3.05) is 40.3 Å². The first-order valence-corrected chi connectivity index (χ1v) is 11.0. The second-order valence-corrected chi connectivity index (χ2v) is 9.07. The number of nitrogens with zero attached hydrogens (tertiary/aromatic N) is 3. The highest BCUT2D eigenvalue weighted by Gasteiger charge is 2.43. The minimum absolute atomic E-state index is 0.201. The van der Waals surface area contributed by atoms with Gasteiger partial charge in [0.05, 0.1) is 5.92 Å². The number of carboxylic acid groups (broad SMARTS) is 1. The van der Waals surface area contributed by atoms with Gasteiger partial charge in [-0.25, -0.2) is 9.69 Å². The van der Waals surface area contributed by atoms with E-state index >= 15 is 0 Å². The van der Waals surface area contributed by atoms with Crippen LogP contribution in [0.15, 0.2) is 37.1 Å². The molecule has 7 heteroatoms. The zero-order valence-electron chi connectivity index (χ0n) is 18.4. The molecule has 0 saturated carbocycles. The van der Waals surface area contributed by atoms with Crippen LogP contribution in [0.25, 0.3) is 10.9 Å². The summed E-state index contributed by atoms with van der Waals surface area (Å²) in [5.41, 5.74) is 3.72. The highest BCUT2D eigenvalue weighted by Crippen LogP contribution is 2.45.